The molecule has 7 nitrogen and oxygen atoms in total. The lowest BCUT2D eigenvalue weighted by Crippen LogP contribution is -2.43. The van der Waals surface area contributed by atoms with Gasteiger partial charge >= 0.3 is 11.8 Å². The van der Waals surface area contributed by atoms with E-state index in [4.69, 9.17) is 0 Å². The van der Waals surface area contributed by atoms with Gasteiger partial charge in [0.2, 0.25) is 5.91 Å². The molecular formula is C23H25N3O4. The Bertz CT molecular complexity index is 984. The summed E-state index contributed by atoms with van der Waals surface area (Å²) in [5, 5.41) is 15.7. The van der Waals surface area contributed by atoms with Crippen LogP contribution >= 0.6 is 0 Å². The molecular weight excluding hydrogens is 382 g/mol. The number of aliphatic hydroxyl groups is 1. The molecule has 2 aliphatic rings. The van der Waals surface area contributed by atoms with Gasteiger partial charge in [-0.3, -0.25) is 14.4 Å². The second-order valence-corrected chi connectivity index (χ2v) is 8.07. The average Bonchev–Trinajstić information content (AvgIpc) is 2.75. The fourth-order valence-corrected chi connectivity index (χ4v) is 4.15. The highest BCUT2D eigenvalue weighted by molar-refractivity contribution is 6.39. The van der Waals surface area contributed by atoms with Crippen molar-refractivity contribution in [2.24, 2.45) is 0 Å². The first-order valence-electron chi connectivity index (χ1n) is 10.2. The predicted molar refractivity (Wildman–Crippen MR) is 113 cm³/mol. The minimum atomic E-state index is -1.29. The van der Waals surface area contributed by atoms with E-state index in [1.807, 2.05) is 23.1 Å². The number of carbonyl (C=O) groups is 3. The van der Waals surface area contributed by atoms with E-state index in [1.54, 1.807) is 31.2 Å². The molecule has 30 heavy (non-hydrogen) atoms. The number of hydrogen-bond acceptors (Lipinski definition) is 4. The summed E-state index contributed by atoms with van der Waals surface area (Å²) < 4.78 is 0. The predicted octanol–water partition coefficient (Wildman–Crippen LogP) is 1.87. The first kappa shape index (κ1) is 20.1. The number of nitrogens with zero attached hydrogens (tertiary/aromatic N) is 1. The van der Waals surface area contributed by atoms with Crippen LogP contribution in [0.15, 0.2) is 42.5 Å². The summed E-state index contributed by atoms with van der Waals surface area (Å²) in [5.74, 6) is -1.45. The van der Waals surface area contributed by atoms with Crippen LogP contribution in [0.2, 0.25) is 0 Å². The van der Waals surface area contributed by atoms with Gasteiger partial charge in [-0.05, 0) is 55.0 Å². The highest BCUT2D eigenvalue weighted by Gasteiger charge is 2.30. The number of anilines is 2. The van der Waals surface area contributed by atoms with Crippen LogP contribution in [0.3, 0.4) is 0 Å². The van der Waals surface area contributed by atoms with E-state index < -0.39 is 17.4 Å². The molecule has 0 aliphatic carbocycles. The summed E-state index contributed by atoms with van der Waals surface area (Å²) in [7, 11) is 0. The lowest BCUT2D eigenvalue weighted by molar-refractivity contribution is -0.136. The highest BCUT2D eigenvalue weighted by Crippen LogP contribution is 2.37. The van der Waals surface area contributed by atoms with Crippen molar-refractivity contribution in [1.29, 1.82) is 0 Å². The number of aryl methyl sites for hydroxylation is 2. The number of rotatable bonds is 4. The second-order valence-electron chi connectivity index (χ2n) is 8.07. The Morgan fingerprint density at radius 3 is 2.50 bits per heavy atom. The Kier molecular flexibility index (Phi) is 5.30. The fourth-order valence-electron chi connectivity index (χ4n) is 4.15. The maximum Gasteiger partial charge on any atom is 0.313 e. The van der Waals surface area contributed by atoms with Crippen molar-refractivity contribution in [2.75, 3.05) is 23.3 Å². The largest absolute Gasteiger partial charge is 0.384 e. The summed E-state index contributed by atoms with van der Waals surface area (Å²) in [6.45, 7) is 2.23. The van der Waals surface area contributed by atoms with Crippen molar-refractivity contribution in [3.63, 3.8) is 0 Å². The van der Waals surface area contributed by atoms with Crippen LogP contribution < -0.4 is 15.5 Å². The van der Waals surface area contributed by atoms with Crippen LogP contribution in [0, 0.1) is 0 Å². The van der Waals surface area contributed by atoms with Gasteiger partial charge < -0.3 is 20.6 Å². The Labute approximate surface area is 175 Å². The van der Waals surface area contributed by atoms with Crippen LogP contribution in [0.25, 0.3) is 0 Å². The van der Waals surface area contributed by atoms with E-state index >= 15 is 0 Å². The van der Waals surface area contributed by atoms with Crippen LogP contribution in [0.4, 0.5) is 11.4 Å². The van der Waals surface area contributed by atoms with Crippen LogP contribution in [-0.4, -0.2) is 35.9 Å². The van der Waals surface area contributed by atoms with Crippen LogP contribution in [-0.2, 0) is 32.8 Å². The normalized spacial score (nSPS) is 17.0. The zero-order chi connectivity index (χ0) is 21.3. The number of carbonyl (C=O) groups excluding carboxylic acids is 3. The Hall–Kier alpha value is -3.19. The van der Waals surface area contributed by atoms with Crippen molar-refractivity contribution in [3.05, 3.63) is 59.2 Å². The molecule has 4 rings (SSSR count). The molecule has 3 amide bonds. The molecule has 0 saturated heterocycles. The minimum Gasteiger partial charge on any atom is -0.384 e. The zero-order valence-corrected chi connectivity index (χ0v) is 16.9. The highest BCUT2D eigenvalue weighted by atomic mass is 16.3. The van der Waals surface area contributed by atoms with Gasteiger partial charge in [0.05, 0.1) is 12.2 Å². The van der Waals surface area contributed by atoms with Crippen molar-refractivity contribution in [1.82, 2.24) is 5.32 Å². The SMILES string of the molecule is CC(O)(CNC(=O)C(=O)Nc1cc2c3c(c1)CCC(=O)N3CCC2)c1ccccc1. The molecule has 3 N–H and O–H groups in total. The molecule has 2 heterocycles. The van der Waals surface area contributed by atoms with Crippen molar-refractivity contribution in [3.8, 4) is 0 Å². The average molecular weight is 407 g/mol. The zero-order valence-electron chi connectivity index (χ0n) is 16.9. The topological polar surface area (TPSA) is 98.7 Å². The molecule has 2 aliphatic heterocycles. The van der Waals surface area contributed by atoms with E-state index in [0.29, 0.717) is 24.1 Å². The van der Waals surface area contributed by atoms with Gasteiger partial charge in [-0.25, -0.2) is 0 Å². The minimum absolute atomic E-state index is 0.0875. The van der Waals surface area contributed by atoms with Crippen molar-refractivity contribution in [2.45, 2.75) is 38.2 Å². The number of hydrogen-bond donors (Lipinski definition) is 3. The van der Waals surface area contributed by atoms with Crippen molar-refractivity contribution >= 4 is 29.1 Å². The Morgan fingerprint density at radius 2 is 1.77 bits per heavy atom. The van der Waals surface area contributed by atoms with Crippen LogP contribution in [0.1, 0.15) is 36.5 Å². The second kappa shape index (κ2) is 7.91. The van der Waals surface area contributed by atoms with E-state index in [-0.39, 0.29) is 12.5 Å². The maximum atomic E-state index is 12.4. The monoisotopic (exact) mass is 407 g/mol. The quantitative estimate of drug-likeness (QED) is 0.674. The molecule has 0 aromatic heterocycles. The van der Waals surface area contributed by atoms with Gasteiger partial charge in [-0.2, -0.15) is 0 Å². The smallest absolute Gasteiger partial charge is 0.313 e. The summed E-state index contributed by atoms with van der Waals surface area (Å²) >= 11 is 0. The summed E-state index contributed by atoms with van der Waals surface area (Å²) in [6, 6.07) is 12.7. The summed E-state index contributed by atoms with van der Waals surface area (Å²) in [6.07, 6.45) is 2.80. The van der Waals surface area contributed by atoms with Crippen LogP contribution in [0.5, 0.6) is 0 Å². The van der Waals surface area contributed by atoms with E-state index in [0.717, 1.165) is 36.2 Å². The van der Waals surface area contributed by atoms with Gasteiger partial charge in [0.15, 0.2) is 0 Å². The molecule has 0 bridgehead atoms. The number of amides is 3. The molecule has 2 aromatic carbocycles. The molecule has 2 aromatic rings. The lowest BCUT2D eigenvalue weighted by atomic mass is 9.91. The molecule has 156 valence electrons. The van der Waals surface area contributed by atoms with Gasteiger partial charge in [0, 0.05) is 18.7 Å². The third-order valence-corrected chi connectivity index (χ3v) is 5.73. The first-order chi connectivity index (χ1) is 14.3. The summed E-state index contributed by atoms with van der Waals surface area (Å²) in [5.41, 5.74) is 2.93. The molecule has 0 radical (unpaired) electrons. The molecule has 1 atom stereocenters. The van der Waals surface area contributed by atoms with Gasteiger partial charge in [0.25, 0.3) is 0 Å². The molecule has 0 spiro atoms. The lowest BCUT2D eigenvalue weighted by Gasteiger charge is -2.35. The van der Waals surface area contributed by atoms with Gasteiger partial charge in [0.1, 0.15) is 5.60 Å². The fraction of sp³-hybridized carbons (Fsp3) is 0.348. The maximum absolute atomic E-state index is 12.4. The molecule has 1 unspecified atom stereocenters. The van der Waals surface area contributed by atoms with E-state index in [1.165, 1.54) is 0 Å². The Morgan fingerprint density at radius 1 is 1.07 bits per heavy atom. The standard InChI is InChI=1S/C23H25N3O4/c1-23(30,17-7-3-2-4-8-17)14-24-21(28)22(29)25-18-12-15-6-5-11-26-19(27)10-9-16(13-18)20(15)26/h2-4,7-8,12-13,30H,5-6,9-11,14H2,1H3,(H,24,28)(H,25,29). The summed E-state index contributed by atoms with van der Waals surface area (Å²) in [4.78, 5) is 38.7. The van der Waals surface area contributed by atoms with Gasteiger partial charge in [-0.1, -0.05) is 30.3 Å². The molecule has 0 saturated carbocycles. The molecule has 0 fully saturated rings. The molecule has 7 heteroatoms. The third kappa shape index (κ3) is 3.93. The number of nitrogens with one attached hydrogen (secondary N) is 2. The Balaban J connectivity index is 1.43. The van der Waals surface area contributed by atoms with E-state index in [2.05, 4.69) is 10.6 Å². The number of benzene rings is 2. The van der Waals surface area contributed by atoms with Crippen molar-refractivity contribution < 1.29 is 19.5 Å². The first-order valence-corrected chi connectivity index (χ1v) is 10.2. The third-order valence-electron chi connectivity index (χ3n) is 5.73. The van der Waals surface area contributed by atoms with Gasteiger partial charge in [-0.15, -0.1) is 0 Å². The van der Waals surface area contributed by atoms with E-state index in [9.17, 15) is 19.5 Å².